The summed E-state index contributed by atoms with van der Waals surface area (Å²) in [5.74, 6) is 0. The molecule has 2 nitrogen and oxygen atoms in total. The van der Waals surface area contributed by atoms with E-state index in [1.54, 1.807) is 0 Å². The van der Waals surface area contributed by atoms with E-state index in [-0.39, 0.29) is 5.41 Å². The first kappa shape index (κ1) is 16.2. The van der Waals surface area contributed by atoms with Gasteiger partial charge in [-0.1, -0.05) is 51.1 Å². The average molecular weight is 302 g/mol. The van der Waals surface area contributed by atoms with E-state index in [9.17, 15) is 0 Å². The Labute approximate surface area is 132 Å². The topological polar surface area (TPSA) is 29.3 Å². The second-order valence-electron chi connectivity index (χ2n) is 6.50. The zero-order valence-corrected chi connectivity index (χ0v) is 14.1. The number of rotatable bonds is 6. The number of nitrogens with zero attached hydrogens (tertiary/aromatic N) is 1. The largest absolute Gasteiger partial charge is 0.329 e. The molecule has 0 amide bonds. The molecular weight excluding hydrogens is 276 g/mol. The lowest BCUT2D eigenvalue weighted by Crippen LogP contribution is -2.28. The van der Waals surface area contributed by atoms with E-state index in [0.29, 0.717) is 6.54 Å². The summed E-state index contributed by atoms with van der Waals surface area (Å²) in [7, 11) is 0. The molecule has 21 heavy (non-hydrogen) atoms. The fourth-order valence-corrected chi connectivity index (χ4v) is 3.43. The monoisotopic (exact) mass is 302 g/mol. The van der Waals surface area contributed by atoms with Crippen molar-refractivity contribution >= 4 is 11.3 Å². The van der Waals surface area contributed by atoms with Crippen LogP contribution in [0.5, 0.6) is 0 Å². The molecule has 2 aromatic rings. The minimum absolute atomic E-state index is 0.237. The van der Waals surface area contributed by atoms with Crippen LogP contribution in [0.25, 0.3) is 0 Å². The van der Waals surface area contributed by atoms with Crippen molar-refractivity contribution in [2.45, 2.75) is 39.3 Å². The average Bonchev–Trinajstić information content (AvgIpc) is 2.89. The van der Waals surface area contributed by atoms with Gasteiger partial charge >= 0.3 is 0 Å². The molecule has 0 radical (unpaired) electrons. The molecule has 0 aliphatic carbocycles. The van der Waals surface area contributed by atoms with Crippen molar-refractivity contribution in [3.8, 4) is 0 Å². The minimum Gasteiger partial charge on any atom is -0.329 e. The summed E-state index contributed by atoms with van der Waals surface area (Å²) in [6.07, 6.45) is 0. The molecule has 0 bridgehead atoms. The van der Waals surface area contributed by atoms with Gasteiger partial charge in [-0.3, -0.25) is 4.90 Å². The summed E-state index contributed by atoms with van der Waals surface area (Å²) in [4.78, 5) is 5.29. The van der Waals surface area contributed by atoms with E-state index in [0.717, 1.165) is 19.6 Å². The molecule has 0 saturated carbocycles. The van der Waals surface area contributed by atoms with Gasteiger partial charge in [0.15, 0.2) is 0 Å². The van der Waals surface area contributed by atoms with Gasteiger partial charge in [-0.2, -0.15) is 0 Å². The molecule has 0 aliphatic heterocycles. The molecule has 0 atom stereocenters. The molecule has 2 rings (SSSR count). The van der Waals surface area contributed by atoms with Crippen LogP contribution in [0.1, 0.15) is 36.1 Å². The van der Waals surface area contributed by atoms with Crippen molar-refractivity contribution in [2.24, 2.45) is 5.73 Å². The molecule has 2 N–H and O–H groups in total. The van der Waals surface area contributed by atoms with E-state index < -0.39 is 0 Å². The molecule has 0 fully saturated rings. The first-order valence-electron chi connectivity index (χ1n) is 7.54. The zero-order valence-electron chi connectivity index (χ0n) is 13.3. The molecule has 1 heterocycles. The van der Waals surface area contributed by atoms with Gasteiger partial charge in [-0.15, -0.1) is 11.3 Å². The maximum Gasteiger partial charge on any atom is 0.0332 e. The second-order valence-corrected chi connectivity index (χ2v) is 7.67. The number of thiophene rings is 1. The van der Waals surface area contributed by atoms with Gasteiger partial charge < -0.3 is 5.73 Å². The lowest BCUT2D eigenvalue weighted by molar-refractivity contribution is 0.267. The lowest BCUT2D eigenvalue weighted by atomic mass is 9.95. The number of hydrogen-bond donors (Lipinski definition) is 1. The maximum absolute atomic E-state index is 5.77. The van der Waals surface area contributed by atoms with Crippen LogP contribution < -0.4 is 5.73 Å². The van der Waals surface area contributed by atoms with Gasteiger partial charge in [-0.25, -0.2) is 0 Å². The van der Waals surface area contributed by atoms with Crippen LogP contribution in [0.4, 0.5) is 0 Å². The van der Waals surface area contributed by atoms with Gasteiger partial charge in [-0.05, 0) is 23.1 Å². The van der Waals surface area contributed by atoms with Crippen LogP contribution in [0.15, 0.2) is 42.5 Å². The smallest absolute Gasteiger partial charge is 0.0332 e. The van der Waals surface area contributed by atoms with E-state index in [4.69, 9.17) is 5.73 Å². The third-order valence-corrected chi connectivity index (χ3v) is 4.97. The van der Waals surface area contributed by atoms with Crippen LogP contribution >= 0.6 is 11.3 Å². The third kappa shape index (κ3) is 4.95. The molecule has 0 saturated heterocycles. The lowest BCUT2D eigenvalue weighted by Gasteiger charge is -2.21. The van der Waals surface area contributed by atoms with E-state index in [1.165, 1.54) is 15.3 Å². The van der Waals surface area contributed by atoms with Gasteiger partial charge in [0.25, 0.3) is 0 Å². The zero-order chi connectivity index (χ0) is 15.3. The Morgan fingerprint density at radius 1 is 1.00 bits per heavy atom. The highest BCUT2D eigenvalue weighted by Crippen LogP contribution is 2.30. The summed E-state index contributed by atoms with van der Waals surface area (Å²) in [5.41, 5.74) is 7.36. The Morgan fingerprint density at radius 2 is 1.71 bits per heavy atom. The summed E-state index contributed by atoms with van der Waals surface area (Å²) >= 11 is 1.92. The van der Waals surface area contributed by atoms with Crippen molar-refractivity contribution in [3.05, 3.63) is 57.8 Å². The minimum atomic E-state index is 0.237. The van der Waals surface area contributed by atoms with Crippen molar-refractivity contribution < 1.29 is 0 Å². The maximum atomic E-state index is 5.77. The highest BCUT2D eigenvalue weighted by molar-refractivity contribution is 7.12. The molecule has 1 aromatic heterocycles. The van der Waals surface area contributed by atoms with Crippen molar-refractivity contribution in [1.29, 1.82) is 0 Å². The standard InChI is InChI=1S/C18H26N2S/c1-18(2,3)17-10-9-16(21-17)14-20(12-11-19)13-15-7-5-4-6-8-15/h4-10H,11-14,19H2,1-3H3. The number of nitrogens with two attached hydrogens (primary N) is 1. The fourth-order valence-electron chi connectivity index (χ4n) is 2.32. The molecule has 1 aromatic carbocycles. The SMILES string of the molecule is CC(C)(C)c1ccc(CN(CCN)Cc2ccccc2)s1. The van der Waals surface area contributed by atoms with E-state index in [2.05, 4.69) is 68.1 Å². The van der Waals surface area contributed by atoms with Gasteiger partial charge in [0.2, 0.25) is 0 Å². The Hall–Kier alpha value is -1.16. The molecule has 0 unspecified atom stereocenters. The summed E-state index contributed by atoms with van der Waals surface area (Å²) < 4.78 is 0. The van der Waals surface area contributed by atoms with Crippen molar-refractivity contribution in [3.63, 3.8) is 0 Å². The first-order valence-corrected chi connectivity index (χ1v) is 8.36. The number of hydrogen-bond acceptors (Lipinski definition) is 3. The van der Waals surface area contributed by atoms with Crippen molar-refractivity contribution in [2.75, 3.05) is 13.1 Å². The van der Waals surface area contributed by atoms with Crippen LogP contribution in [-0.2, 0) is 18.5 Å². The summed E-state index contributed by atoms with van der Waals surface area (Å²) in [6.45, 7) is 10.4. The predicted molar refractivity (Wildman–Crippen MR) is 92.6 cm³/mol. The fraction of sp³-hybridized carbons (Fsp3) is 0.444. The van der Waals surface area contributed by atoms with Crippen LogP contribution in [-0.4, -0.2) is 18.0 Å². The quantitative estimate of drug-likeness (QED) is 0.873. The number of benzene rings is 1. The molecule has 114 valence electrons. The van der Waals surface area contributed by atoms with Gasteiger partial charge in [0.05, 0.1) is 0 Å². The first-order chi connectivity index (χ1) is 9.99. The molecule has 3 heteroatoms. The molecule has 0 spiro atoms. The highest BCUT2D eigenvalue weighted by Gasteiger charge is 2.17. The van der Waals surface area contributed by atoms with Gasteiger partial charge in [0.1, 0.15) is 0 Å². The van der Waals surface area contributed by atoms with E-state index >= 15 is 0 Å². The Balaban J connectivity index is 2.04. The highest BCUT2D eigenvalue weighted by atomic mass is 32.1. The second kappa shape index (κ2) is 7.21. The Morgan fingerprint density at radius 3 is 2.29 bits per heavy atom. The molecular formula is C18H26N2S. The third-order valence-electron chi connectivity index (χ3n) is 3.47. The van der Waals surface area contributed by atoms with Crippen LogP contribution in [0.2, 0.25) is 0 Å². The van der Waals surface area contributed by atoms with E-state index in [1.807, 2.05) is 11.3 Å². The Bertz CT molecular complexity index is 540. The van der Waals surface area contributed by atoms with Crippen LogP contribution in [0.3, 0.4) is 0 Å². The van der Waals surface area contributed by atoms with Crippen LogP contribution in [0, 0.1) is 0 Å². The predicted octanol–water partition coefficient (Wildman–Crippen LogP) is 4.01. The summed E-state index contributed by atoms with van der Waals surface area (Å²) in [6, 6.07) is 15.1. The summed E-state index contributed by atoms with van der Waals surface area (Å²) in [5, 5.41) is 0. The molecule has 0 aliphatic rings. The van der Waals surface area contributed by atoms with Crippen molar-refractivity contribution in [1.82, 2.24) is 4.90 Å². The normalized spacial score (nSPS) is 12.0. The van der Waals surface area contributed by atoms with Gasteiger partial charge in [0, 0.05) is 35.9 Å². The Kier molecular flexibility index (Phi) is 5.57.